The van der Waals surface area contributed by atoms with Gasteiger partial charge in [-0.3, -0.25) is 9.78 Å². The van der Waals surface area contributed by atoms with Gasteiger partial charge in [-0.1, -0.05) is 43.3 Å². The largest absolute Gasteiger partial charge is 0.481 e. The van der Waals surface area contributed by atoms with Crippen molar-refractivity contribution in [1.29, 1.82) is 0 Å². The molecule has 1 aromatic heterocycles. The van der Waals surface area contributed by atoms with Gasteiger partial charge in [0, 0.05) is 23.2 Å². The molecule has 0 aliphatic carbocycles. The first kappa shape index (κ1) is 16.5. The van der Waals surface area contributed by atoms with Gasteiger partial charge in [0.25, 0.3) is 0 Å². The number of carboxylic acid groups (broad SMARTS) is 1. The second-order valence-corrected chi connectivity index (χ2v) is 6.85. The summed E-state index contributed by atoms with van der Waals surface area (Å²) in [5.41, 5.74) is 3.56. The van der Waals surface area contributed by atoms with Gasteiger partial charge in [-0.05, 0) is 40.5 Å². The molecule has 0 saturated carbocycles. The Kier molecular flexibility index (Phi) is 4.86. The van der Waals surface area contributed by atoms with E-state index in [1.165, 1.54) is 33.7 Å². The predicted octanol–water partition coefficient (Wildman–Crippen LogP) is 4.87. The molecule has 1 heterocycles. The van der Waals surface area contributed by atoms with E-state index >= 15 is 0 Å². The summed E-state index contributed by atoms with van der Waals surface area (Å²) in [5, 5.41) is 11.5. The van der Waals surface area contributed by atoms with E-state index in [-0.39, 0.29) is 11.7 Å². The molecule has 0 amide bonds. The van der Waals surface area contributed by atoms with Crippen molar-refractivity contribution in [1.82, 2.24) is 4.98 Å². The summed E-state index contributed by atoms with van der Waals surface area (Å²) < 4.78 is 0. The fourth-order valence-electron chi connectivity index (χ4n) is 3.01. The number of rotatable bonds is 5. The summed E-state index contributed by atoms with van der Waals surface area (Å²) in [6.45, 7) is 4.27. The second kappa shape index (κ2) is 7.05. The molecule has 0 spiro atoms. The molecule has 1 N–H and O–H groups in total. The Labute approximate surface area is 145 Å². The lowest BCUT2D eigenvalue weighted by atomic mass is 9.89. The van der Waals surface area contributed by atoms with Gasteiger partial charge in [0.15, 0.2) is 0 Å². The number of thioether (sulfide) groups is 1. The molecule has 3 nitrogen and oxygen atoms in total. The standard InChI is InChI=1S/C20H19NO2S/c1-13-7-8-16(17-6-4-3-5-15(13)17)14(2)18-11-21-10-9-19(18)24-12-20(22)23/h3-11,14H,12H2,1-2H3,(H,22,23). The van der Waals surface area contributed by atoms with Gasteiger partial charge < -0.3 is 5.11 Å². The van der Waals surface area contributed by atoms with E-state index in [1.807, 2.05) is 12.3 Å². The van der Waals surface area contributed by atoms with Crippen LogP contribution in [-0.2, 0) is 4.79 Å². The summed E-state index contributed by atoms with van der Waals surface area (Å²) in [6, 6.07) is 14.6. The Morgan fingerprint density at radius 1 is 1.12 bits per heavy atom. The topological polar surface area (TPSA) is 50.2 Å². The van der Waals surface area contributed by atoms with E-state index in [9.17, 15) is 4.79 Å². The van der Waals surface area contributed by atoms with Crippen LogP contribution in [0.1, 0.15) is 29.5 Å². The number of benzene rings is 2. The molecule has 0 fully saturated rings. The van der Waals surface area contributed by atoms with E-state index in [0.29, 0.717) is 0 Å². The summed E-state index contributed by atoms with van der Waals surface area (Å²) in [5.74, 6) is -0.616. The van der Waals surface area contributed by atoms with Crippen LogP contribution in [0.3, 0.4) is 0 Å². The van der Waals surface area contributed by atoms with E-state index in [1.54, 1.807) is 6.20 Å². The lowest BCUT2D eigenvalue weighted by Crippen LogP contribution is -2.03. The van der Waals surface area contributed by atoms with Crippen LogP contribution in [0.5, 0.6) is 0 Å². The Balaban J connectivity index is 2.06. The number of fused-ring (bicyclic) bond motifs is 1. The van der Waals surface area contributed by atoms with Crippen LogP contribution in [0.2, 0.25) is 0 Å². The molecule has 0 aliphatic heterocycles. The molecule has 0 radical (unpaired) electrons. The first-order chi connectivity index (χ1) is 11.6. The fraction of sp³-hybridized carbons (Fsp3) is 0.200. The number of aromatic nitrogens is 1. The zero-order valence-electron chi connectivity index (χ0n) is 13.7. The van der Waals surface area contributed by atoms with Crippen molar-refractivity contribution in [3.05, 3.63) is 71.5 Å². The number of hydrogen-bond donors (Lipinski definition) is 1. The third-order valence-electron chi connectivity index (χ3n) is 4.27. The van der Waals surface area contributed by atoms with E-state index in [2.05, 4.69) is 55.2 Å². The zero-order valence-corrected chi connectivity index (χ0v) is 14.5. The van der Waals surface area contributed by atoms with Gasteiger partial charge in [0.1, 0.15) is 0 Å². The van der Waals surface area contributed by atoms with Crippen molar-refractivity contribution in [2.75, 3.05) is 5.75 Å². The number of carboxylic acids is 1. The Hall–Kier alpha value is -2.33. The Bertz CT molecular complexity index is 892. The highest BCUT2D eigenvalue weighted by Crippen LogP contribution is 2.36. The summed E-state index contributed by atoms with van der Waals surface area (Å²) >= 11 is 1.35. The average Bonchev–Trinajstić information content (AvgIpc) is 2.60. The zero-order chi connectivity index (χ0) is 17.1. The number of hydrogen-bond acceptors (Lipinski definition) is 3. The van der Waals surface area contributed by atoms with Crippen molar-refractivity contribution in [3.63, 3.8) is 0 Å². The van der Waals surface area contributed by atoms with Gasteiger partial charge in [-0.15, -0.1) is 11.8 Å². The lowest BCUT2D eigenvalue weighted by Gasteiger charge is -2.18. The number of carbonyl (C=O) groups is 1. The smallest absolute Gasteiger partial charge is 0.313 e. The van der Waals surface area contributed by atoms with Gasteiger partial charge in [-0.25, -0.2) is 0 Å². The van der Waals surface area contributed by atoms with Crippen LogP contribution in [0, 0.1) is 6.92 Å². The van der Waals surface area contributed by atoms with Gasteiger partial charge >= 0.3 is 5.97 Å². The lowest BCUT2D eigenvalue weighted by molar-refractivity contribution is -0.133. The summed E-state index contributed by atoms with van der Waals surface area (Å²) in [7, 11) is 0. The van der Waals surface area contributed by atoms with Crippen LogP contribution >= 0.6 is 11.8 Å². The number of aliphatic carboxylic acids is 1. The van der Waals surface area contributed by atoms with Crippen LogP contribution in [0.25, 0.3) is 10.8 Å². The van der Waals surface area contributed by atoms with Crippen molar-refractivity contribution >= 4 is 28.5 Å². The molecular formula is C20H19NO2S. The fourth-order valence-corrected chi connectivity index (χ4v) is 3.84. The number of nitrogens with zero attached hydrogens (tertiary/aromatic N) is 1. The minimum absolute atomic E-state index is 0.0539. The highest BCUT2D eigenvalue weighted by atomic mass is 32.2. The van der Waals surface area contributed by atoms with Crippen LogP contribution in [0.4, 0.5) is 0 Å². The summed E-state index contributed by atoms with van der Waals surface area (Å²) in [4.78, 5) is 16.1. The van der Waals surface area contributed by atoms with Crippen molar-refractivity contribution in [2.24, 2.45) is 0 Å². The molecule has 3 aromatic rings. The molecule has 0 bridgehead atoms. The molecule has 0 saturated heterocycles. The minimum atomic E-state index is -0.809. The molecule has 1 unspecified atom stereocenters. The van der Waals surface area contributed by atoms with Crippen LogP contribution < -0.4 is 0 Å². The maximum atomic E-state index is 10.9. The molecule has 122 valence electrons. The third-order valence-corrected chi connectivity index (χ3v) is 5.34. The highest BCUT2D eigenvalue weighted by Gasteiger charge is 2.17. The van der Waals surface area contributed by atoms with Crippen molar-refractivity contribution in [2.45, 2.75) is 24.7 Å². The first-order valence-corrected chi connectivity index (χ1v) is 8.83. The Morgan fingerprint density at radius 3 is 2.62 bits per heavy atom. The molecule has 0 aliphatic rings. The third kappa shape index (κ3) is 3.29. The van der Waals surface area contributed by atoms with Crippen LogP contribution in [0.15, 0.2) is 59.8 Å². The monoisotopic (exact) mass is 337 g/mol. The molecule has 2 aromatic carbocycles. The number of pyridine rings is 1. The molecular weight excluding hydrogens is 318 g/mol. The quantitative estimate of drug-likeness (QED) is 0.675. The number of aryl methyl sites for hydroxylation is 1. The SMILES string of the molecule is Cc1ccc(C(C)c2cnccc2SCC(=O)O)c2ccccc12. The maximum Gasteiger partial charge on any atom is 0.313 e. The van der Waals surface area contributed by atoms with Gasteiger partial charge in [0.05, 0.1) is 5.75 Å². The summed E-state index contributed by atoms with van der Waals surface area (Å²) in [6.07, 6.45) is 3.57. The normalized spacial score (nSPS) is 12.2. The van der Waals surface area contributed by atoms with Crippen molar-refractivity contribution < 1.29 is 9.90 Å². The second-order valence-electron chi connectivity index (χ2n) is 5.83. The molecule has 4 heteroatoms. The van der Waals surface area contributed by atoms with Gasteiger partial charge in [0.2, 0.25) is 0 Å². The highest BCUT2D eigenvalue weighted by molar-refractivity contribution is 8.00. The molecule has 1 atom stereocenters. The molecule has 3 rings (SSSR count). The first-order valence-electron chi connectivity index (χ1n) is 7.84. The van der Waals surface area contributed by atoms with E-state index in [0.717, 1.165) is 10.5 Å². The average molecular weight is 337 g/mol. The maximum absolute atomic E-state index is 10.9. The predicted molar refractivity (Wildman–Crippen MR) is 98.8 cm³/mol. The van der Waals surface area contributed by atoms with Crippen molar-refractivity contribution in [3.8, 4) is 0 Å². The Morgan fingerprint density at radius 2 is 1.88 bits per heavy atom. The van der Waals surface area contributed by atoms with E-state index < -0.39 is 5.97 Å². The van der Waals surface area contributed by atoms with Crippen LogP contribution in [-0.4, -0.2) is 21.8 Å². The minimum Gasteiger partial charge on any atom is -0.481 e. The molecule has 24 heavy (non-hydrogen) atoms. The van der Waals surface area contributed by atoms with E-state index in [4.69, 9.17) is 5.11 Å². The van der Waals surface area contributed by atoms with Gasteiger partial charge in [-0.2, -0.15) is 0 Å².